The molecule has 0 amide bonds. The first kappa shape index (κ1) is 28.6. The van der Waals surface area contributed by atoms with Gasteiger partial charge < -0.3 is 0 Å². The molecule has 0 bridgehead atoms. The highest BCUT2D eigenvalue weighted by atomic mass is 35.5. The van der Waals surface area contributed by atoms with Crippen LogP contribution < -0.4 is 15.7 Å². The number of nitrogens with zero attached hydrogens (tertiary/aromatic N) is 2. The molecular formula is C19H25ClF4N4O2S. The van der Waals surface area contributed by atoms with Crippen LogP contribution in [0.2, 0.25) is 5.02 Å². The second-order valence-corrected chi connectivity index (χ2v) is 7.47. The third-order valence-corrected chi connectivity index (χ3v) is 4.85. The van der Waals surface area contributed by atoms with Crippen LogP contribution in [-0.4, -0.2) is 19.6 Å². The Bertz CT molecular complexity index is 983. The summed E-state index contributed by atoms with van der Waals surface area (Å²) >= 11 is 5.85. The van der Waals surface area contributed by atoms with Gasteiger partial charge in [-0.15, -0.1) is 0 Å². The SMILES string of the molecule is C/C(=N\Nc1cccc(F)c1)c1cc(Cl)ccc1N(N)S(=O)(=O)C(F)(F)F.CC.CC. The van der Waals surface area contributed by atoms with Crippen LogP contribution in [0.1, 0.15) is 40.2 Å². The second kappa shape index (κ2) is 12.5. The number of hydrogen-bond acceptors (Lipinski definition) is 5. The first-order valence-corrected chi connectivity index (χ1v) is 11.0. The second-order valence-electron chi connectivity index (χ2n) is 5.23. The van der Waals surface area contributed by atoms with Gasteiger partial charge in [0.05, 0.1) is 17.1 Å². The van der Waals surface area contributed by atoms with E-state index in [1.54, 1.807) is 0 Å². The number of benzene rings is 2. The average Bonchev–Trinajstić information content (AvgIpc) is 2.73. The Labute approximate surface area is 184 Å². The smallest absolute Gasteiger partial charge is 0.278 e. The highest BCUT2D eigenvalue weighted by Gasteiger charge is 2.50. The van der Waals surface area contributed by atoms with Gasteiger partial charge in [-0.05, 0) is 43.3 Å². The number of rotatable bonds is 5. The van der Waals surface area contributed by atoms with Crippen molar-refractivity contribution in [2.45, 2.75) is 40.1 Å². The zero-order chi connectivity index (χ0) is 24.4. The molecule has 0 saturated carbocycles. The first-order chi connectivity index (χ1) is 14.4. The minimum atomic E-state index is -5.83. The van der Waals surface area contributed by atoms with E-state index in [-0.39, 0.29) is 26.4 Å². The number of hydrogen-bond donors (Lipinski definition) is 2. The molecule has 0 heterocycles. The summed E-state index contributed by atoms with van der Waals surface area (Å²) in [5, 5.41) is 4.03. The first-order valence-electron chi connectivity index (χ1n) is 9.15. The van der Waals surface area contributed by atoms with E-state index in [1.165, 1.54) is 37.3 Å². The molecule has 12 heteroatoms. The maximum absolute atomic E-state index is 13.2. The average molecular weight is 485 g/mol. The molecule has 0 saturated heterocycles. The van der Waals surface area contributed by atoms with Crippen molar-refractivity contribution in [3.05, 3.63) is 58.9 Å². The van der Waals surface area contributed by atoms with Crippen molar-refractivity contribution >= 4 is 38.7 Å². The molecule has 0 aromatic heterocycles. The number of alkyl halides is 3. The number of hydrazine groups is 1. The van der Waals surface area contributed by atoms with E-state index in [0.29, 0.717) is 0 Å². The summed E-state index contributed by atoms with van der Waals surface area (Å²) < 4.78 is 74.3. The summed E-state index contributed by atoms with van der Waals surface area (Å²) in [6.07, 6.45) is 0. The monoisotopic (exact) mass is 484 g/mol. The number of halogens is 5. The van der Waals surface area contributed by atoms with E-state index in [2.05, 4.69) is 10.5 Å². The number of nitrogens with two attached hydrogens (primary N) is 1. The molecule has 2 aromatic carbocycles. The van der Waals surface area contributed by atoms with Crippen molar-refractivity contribution in [3.8, 4) is 0 Å². The fourth-order valence-corrected chi connectivity index (χ4v) is 2.81. The van der Waals surface area contributed by atoms with Crippen molar-refractivity contribution in [2.24, 2.45) is 10.9 Å². The quantitative estimate of drug-likeness (QED) is 0.239. The van der Waals surface area contributed by atoms with E-state index in [0.717, 1.165) is 12.1 Å². The summed E-state index contributed by atoms with van der Waals surface area (Å²) in [4.78, 5) is 0. The molecular weight excluding hydrogens is 460 g/mol. The zero-order valence-electron chi connectivity index (χ0n) is 17.6. The molecule has 174 valence electrons. The van der Waals surface area contributed by atoms with Gasteiger partial charge in [0.1, 0.15) is 5.82 Å². The van der Waals surface area contributed by atoms with E-state index in [4.69, 9.17) is 17.4 Å². The minimum Gasteiger partial charge on any atom is -0.278 e. The number of anilines is 2. The van der Waals surface area contributed by atoms with Crippen LogP contribution in [0.3, 0.4) is 0 Å². The molecule has 0 aliphatic rings. The lowest BCUT2D eigenvalue weighted by Gasteiger charge is -2.22. The Morgan fingerprint density at radius 2 is 1.68 bits per heavy atom. The number of sulfonamides is 1. The molecule has 0 fully saturated rings. The molecule has 2 aromatic rings. The maximum Gasteiger partial charge on any atom is 0.518 e. The number of hydrazone groups is 1. The number of nitrogens with one attached hydrogen (secondary N) is 1. The fourth-order valence-electron chi connectivity index (χ4n) is 2.00. The third kappa shape index (κ3) is 7.67. The zero-order valence-corrected chi connectivity index (χ0v) is 19.2. The van der Waals surface area contributed by atoms with Crippen LogP contribution in [0.25, 0.3) is 0 Å². The molecule has 0 unspecified atom stereocenters. The van der Waals surface area contributed by atoms with Crippen molar-refractivity contribution in [3.63, 3.8) is 0 Å². The Hall–Kier alpha value is -2.37. The summed E-state index contributed by atoms with van der Waals surface area (Å²) in [6.45, 7) is 9.38. The largest absolute Gasteiger partial charge is 0.518 e. The van der Waals surface area contributed by atoms with Gasteiger partial charge in [0.15, 0.2) is 0 Å². The lowest BCUT2D eigenvalue weighted by molar-refractivity contribution is -0.0438. The van der Waals surface area contributed by atoms with E-state index in [9.17, 15) is 26.0 Å². The molecule has 6 nitrogen and oxygen atoms in total. The highest BCUT2D eigenvalue weighted by molar-refractivity contribution is 7.93. The molecule has 0 atom stereocenters. The van der Waals surface area contributed by atoms with E-state index < -0.39 is 27.0 Å². The summed E-state index contributed by atoms with van der Waals surface area (Å²) in [6, 6.07) is 8.67. The normalized spacial score (nSPS) is 11.5. The van der Waals surface area contributed by atoms with Gasteiger partial charge in [0, 0.05) is 10.6 Å². The lowest BCUT2D eigenvalue weighted by Crippen LogP contribution is -2.46. The summed E-state index contributed by atoms with van der Waals surface area (Å²) in [7, 11) is -5.83. The van der Waals surface area contributed by atoms with E-state index in [1.807, 2.05) is 27.7 Å². The predicted molar refractivity (Wildman–Crippen MR) is 118 cm³/mol. The van der Waals surface area contributed by atoms with Crippen LogP contribution in [0, 0.1) is 5.82 Å². The minimum absolute atomic E-state index is 0.0598. The van der Waals surface area contributed by atoms with Crippen molar-refractivity contribution in [2.75, 3.05) is 9.84 Å². The summed E-state index contributed by atoms with van der Waals surface area (Å²) in [5.41, 5.74) is -3.31. The highest BCUT2D eigenvalue weighted by Crippen LogP contribution is 2.32. The molecule has 0 aliphatic carbocycles. The van der Waals surface area contributed by atoms with Crippen molar-refractivity contribution in [1.29, 1.82) is 0 Å². The van der Waals surface area contributed by atoms with Crippen LogP contribution >= 0.6 is 11.6 Å². The van der Waals surface area contributed by atoms with Crippen molar-refractivity contribution < 1.29 is 26.0 Å². The standard InChI is InChI=1S/C15H13ClF4N4O2S.2C2H6/c1-9(22-23-12-4-2-3-11(17)8-12)13-7-10(16)5-6-14(13)24(21)27(25,26)15(18,19)20;2*1-2/h2-8,23H,21H2,1H3;2*1-2H3/b22-9+;;. The Morgan fingerprint density at radius 3 is 2.19 bits per heavy atom. The molecule has 2 rings (SSSR count). The van der Waals surface area contributed by atoms with Gasteiger partial charge in [-0.1, -0.05) is 45.4 Å². The topological polar surface area (TPSA) is 87.8 Å². The molecule has 31 heavy (non-hydrogen) atoms. The maximum atomic E-state index is 13.2. The van der Waals surface area contributed by atoms with Gasteiger partial charge in [-0.25, -0.2) is 10.2 Å². The van der Waals surface area contributed by atoms with Gasteiger partial charge >= 0.3 is 15.5 Å². The molecule has 0 aliphatic heterocycles. The molecule has 0 radical (unpaired) electrons. The lowest BCUT2D eigenvalue weighted by atomic mass is 10.1. The van der Waals surface area contributed by atoms with Gasteiger partial charge in [-0.2, -0.15) is 31.1 Å². The van der Waals surface area contributed by atoms with Crippen LogP contribution in [0.4, 0.5) is 28.9 Å². The van der Waals surface area contributed by atoms with Crippen molar-refractivity contribution in [1.82, 2.24) is 0 Å². The molecule has 3 N–H and O–H groups in total. The van der Waals surface area contributed by atoms with Gasteiger partial charge in [-0.3, -0.25) is 5.43 Å². The van der Waals surface area contributed by atoms with Gasteiger partial charge in [0.25, 0.3) is 0 Å². The summed E-state index contributed by atoms with van der Waals surface area (Å²) in [5.74, 6) is 4.70. The van der Waals surface area contributed by atoms with E-state index >= 15 is 0 Å². The van der Waals surface area contributed by atoms with Crippen LogP contribution in [0.5, 0.6) is 0 Å². The predicted octanol–water partition coefficient (Wildman–Crippen LogP) is 5.90. The fraction of sp³-hybridized carbons (Fsp3) is 0.316. The van der Waals surface area contributed by atoms with Gasteiger partial charge in [0.2, 0.25) is 0 Å². The van der Waals surface area contributed by atoms with Crippen LogP contribution in [0.15, 0.2) is 47.6 Å². The Morgan fingerprint density at radius 1 is 1.10 bits per heavy atom. The third-order valence-electron chi connectivity index (χ3n) is 3.31. The molecule has 0 spiro atoms. The van der Waals surface area contributed by atoms with Crippen LogP contribution in [-0.2, 0) is 10.0 Å². The Kier molecular flexibility index (Phi) is 11.5. The Balaban J connectivity index is 0.00000212.